The highest BCUT2D eigenvalue weighted by Gasteiger charge is 2.29. The summed E-state index contributed by atoms with van der Waals surface area (Å²) >= 11 is 0. The van der Waals surface area contributed by atoms with Crippen LogP contribution in [0.25, 0.3) is 0 Å². The van der Waals surface area contributed by atoms with Crippen molar-refractivity contribution in [1.82, 2.24) is 4.98 Å². The lowest BCUT2D eigenvalue weighted by Crippen LogP contribution is -2.14. The Morgan fingerprint density at radius 3 is 2.74 bits per heavy atom. The van der Waals surface area contributed by atoms with Crippen LogP contribution in [0.5, 0.6) is 0 Å². The number of rotatable bonds is 5. The Morgan fingerprint density at radius 1 is 1.63 bits per heavy atom. The van der Waals surface area contributed by atoms with Gasteiger partial charge in [0.2, 0.25) is 0 Å². The number of nitrogen functional groups attached to an aromatic ring is 1. The van der Waals surface area contributed by atoms with Crippen LogP contribution >= 0.6 is 0 Å². The van der Waals surface area contributed by atoms with Crippen molar-refractivity contribution in [2.24, 2.45) is 0 Å². The van der Waals surface area contributed by atoms with Gasteiger partial charge in [0.1, 0.15) is 0 Å². The normalized spacial score (nSPS) is 10.5. The highest BCUT2D eigenvalue weighted by Crippen LogP contribution is 2.33. The molecule has 0 radical (unpaired) electrons. The minimum absolute atomic E-state index is 0.0341. The number of hydrogen-bond donors (Lipinski definition) is 1. The molecule has 0 saturated heterocycles. The lowest BCUT2D eigenvalue weighted by Gasteiger charge is -2.10. The molecule has 0 amide bonds. The SMILES string of the molecule is CCOC(=O)Cc1c([N+](=O)[O-])ncc(N)c1C(F)F. The molecule has 0 fully saturated rings. The molecular weight excluding hydrogens is 264 g/mol. The molecule has 1 rings (SSSR count). The summed E-state index contributed by atoms with van der Waals surface area (Å²) in [6.07, 6.45) is -2.96. The third-order valence-corrected chi connectivity index (χ3v) is 2.25. The van der Waals surface area contributed by atoms with Crippen molar-refractivity contribution in [1.29, 1.82) is 0 Å². The van der Waals surface area contributed by atoms with E-state index in [4.69, 9.17) is 5.73 Å². The van der Waals surface area contributed by atoms with E-state index in [0.717, 1.165) is 6.20 Å². The van der Waals surface area contributed by atoms with E-state index in [1.165, 1.54) is 6.92 Å². The predicted molar refractivity (Wildman–Crippen MR) is 60.6 cm³/mol. The Hall–Kier alpha value is -2.32. The van der Waals surface area contributed by atoms with Crippen LogP contribution in [0.4, 0.5) is 20.3 Å². The number of nitrogens with two attached hydrogens (primary N) is 1. The Kier molecular flexibility index (Phi) is 4.67. The maximum Gasteiger partial charge on any atom is 0.367 e. The van der Waals surface area contributed by atoms with Crippen LogP contribution in [0.3, 0.4) is 0 Å². The van der Waals surface area contributed by atoms with Crippen molar-refractivity contribution in [2.75, 3.05) is 12.3 Å². The minimum atomic E-state index is -3.05. The van der Waals surface area contributed by atoms with E-state index < -0.39 is 46.4 Å². The van der Waals surface area contributed by atoms with Gasteiger partial charge in [-0.15, -0.1) is 0 Å². The number of pyridine rings is 1. The van der Waals surface area contributed by atoms with Crippen LogP contribution in [0.15, 0.2) is 6.20 Å². The first-order valence-electron chi connectivity index (χ1n) is 5.23. The van der Waals surface area contributed by atoms with Crippen molar-refractivity contribution in [3.63, 3.8) is 0 Å². The molecule has 104 valence electrons. The lowest BCUT2D eigenvalue weighted by molar-refractivity contribution is -0.390. The predicted octanol–water partition coefficient (Wildman–Crippen LogP) is 1.62. The second kappa shape index (κ2) is 6.03. The van der Waals surface area contributed by atoms with Crippen molar-refractivity contribution < 1.29 is 23.2 Å². The molecule has 0 aliphatic heterocycles. The second-order valence-corrected chi connectivity index (χ2v) is 3.47. The minimum Gasteiger partial charge on any atom is -0.466 e. The number of alkyl halides is 2. The molecule has 1 aromatic rings. The number of nitrogens with zero attached hydrogens (tertiary/aromatic N) is 2. The van der Waals surface area contributed by atoms with Gasteiger partial charge >= 0.3 is 11.8 Å². The first kappa shape index (κ1) is 14.7. The van der Waals surface area contributed by atoms with Gasteiger partial charge in [-0.05, 0) is 16.8 Å². The average molecular weight is 275 g/mol. The van der Waals surface area contributed by atoms with Gasteiger partial charge in [-0.1, -0.05) is 0 Å². The smallest absolute Gasteiger partial charge is 0.367 e. The van der Waals surface area contributed by atoms with Gasteiger partial charge in [-0.25, -0.2) is 8.78 Å². The fourth-order valence-electron chi connectivity index (χ4n) is 1.52. The molecule has 19 heavy (non-hydrogen) atoms. The summed E-state index contributed by atoms with van der Waals surface area (Å²) in [5.74, 6) is -1.68. The van der Waals surface area contributed by atoms with E-state index in [-0.39, 0.29) is 6.61 Å². The topological polar surface area (TPSA) is 108 Å². The molecule has 0 aromatic carbocycles. The third kappa shape index (κ3) is 3.33. The number of carbonyl (C=O) groups is 1. The number of esters is 1. The number of carbonyl (C=O) groups excluding carboxylic acids is 1. The summed E-state index contributed by atoms with van der Waals surface area (Å²) in [6, 6.07) is 0. The zero-order chi connectivity index (χ0) is 14.6. The Balaban J connectivity index is 3.33. The molecule has 7 nitrogen and oxygen atoms in total. The maximum atomic E-state index is 12.9. The van der Waals surface area contributed by atoms with E-state index in [1.54, 1.807) is 0 Å². The summed E-state index contributed by atoms with van der Waals surface area (Å²) in [7, 11) is 0. The monoisotopic (exact) mass is 275 g/mol. The quantitative estimate of drug-likeness (QED) is 0.497. The fraction of sp³-hybridized carbons (Fsp3) is 0.400. The van der Waals surface area contributed by atoms with Crippen LogP contribution in [0, 0.1) is 10.1 Å². The zero-order valence-electron chi connectivity index (χ0n) is 9.93. The fourth-order valence-corrected chi connectivity index (χ4v) is 1.52. The van der Waals surface area contributed by atoms with E-state index in [0.29, 0.717) is 0 Å². The highest BCUT2D eigenvalue weighted by atomic mass is 19.3. The van der Waals surface area contributed by atoms with Crippen molar-refractivity contribution >= 4 is 17.5 Å². The zero-order valence-corrected chi connectivity index (χ0v) is 9.93. The number of ether oxygens (including phenoxy) is 1. The molecule has 0 aliphatic carbocycles. The Bertz CT molecular complexity index is 508. The van der Waals surface area contributed by atoms with Gasteiger partial charge in [0, 0.05) is 0 Å². The first-order chi connectivity index (χ1) is 8.88. The third-order valence-electron chi connectivity index (χ3n) is 2.25. The summed E-state index contributed by atoms with van der Waals surface area (Å²) in [5.41, 5.74) is 3.65. The number of anilines is 1. The molecule has 0 atom stereocenters. The number of aromatic nitrogens is 1. The van der Waals surface area contributed by atoms with Gasteiger partial charge in [0.15, 0.2) is 6.20 Å². The summed E-state index contributed by atoms with van der Waals surface area (Å²) in [4.78, 5) is 24.5. The van der Waals surface area contributed by atoms with E-state index in [2.05, 4.69) is 9.72 Å². The van der Waals surface area contributed by atoms with Crippen molar-refractivity contribution in [3.8, 4) is 0 Å². The molecule has 1 aromatic heterocycles. The molecular formula is C10H11F2N3O4. The van der Waals surface area contributed by atoms with Crippen LogP contribution in [0.2, 0.25) is 0 Å². The average Bonchev–Trinajstić information content (AvgIpc) is 2.28. The number of nitro groups is 1. The van der Waals surface area contributed by atoms with Crippen LogP contribution in [-0.2, 0) is 16.0 Å². The summed E-state index contributed by atoms with van der Waals surface area (Å²) in [6.45, 7) is 1.56. The largest absolute Gasteiger partial charge is 0.466 e. The molecule has 2 N–H and O–H groups in total. The van der Waals surface area contributed by atoms with Crippen molar-refractivity contribution in [3.05, 3.63) is 27.4 Å². The maximum absolute atomic E-state index is 12.9. The summed E-state index contributed by atoms with van der Waals surface area (Å²) < 4.78 is 30.4. The van der Waals surface area contributed by atoms with E-state index in [1.807, 2.05) is 0 Å². The number of halogens is 2. The summed E-state index contributed by atoms with van der Waals surface area (Å²) in [5, 5.41) is 10.8. The van der Waals surface area contributed by atoms with Gasteiger partial charge < -0.3 is 20.6 Å². The van der Waals surface area contributed by atoms with E-state index in [9.17, 15) is 23.7 Å². The van der Waals surface area contributed by atoms with Gasteiger partial charge in [0.05, 0.1) is 29.8 Å². The molecule has 0 unspecified atom stereocenters. The number of hydrogen-bond acceptors (Lipinski definition) is 6. The molecule has 0 saturated carbocycles. The van der Waals surface area contributed by atoms with Gasteiger partial charge in [-0.2, -0.15) is 0 Å². The standard InChI is InChI=1S/C10H11F2N3O4/c1-2-19-7(16)3-5-8(9(11)12)6(13)4-14-10(5)15(17)18/h4,9H,2-3,13H2,1H3. The van der Waals surface area contributed by atoms with Crippen LogP contribution in [-0.4, -0.2) is 22.5 Å². The molecule has 9 heteroatoms. The second-order valence-electron chi connectivity index (χ2n) is 3.47. The van der Waals surface area contributed by atoms with Gasteiger partial charge in [0.25, 0.3) is 6.43 Å². The highest BCUT2D eigenvalue weighted by molar-refractivity contribution is 5.75. The van der Waals surface area contributed by atoms with Gasteiger partial charge in [-0.3, -0.25) is 4.79 Å². The first-order valence-corrected chi connectivity index (χ1v) is 5.23. The molecule has 0 bridgehead atoms. The van der Waals surface area contributed by atoms with Crippen LogP contribution in [0.1, 0.15) is 24.5 Å². The van der Waals surface area contributed by atoms with Crippen molar-refractivity contribution in [2.45, 2.75) is 19.8 Å². The van der Waals surface area contributed by atoms with Crippen LogP contribution < -0.4 is 5.73 Å². The lowest BCUT2D eigenvalue weighted by atomic mass is 10.0. The Morgan fingerprint density at radius 2 is 2.26 bits per heavy atom. The Labute approximate surface area is 106 Å². The molecule has 1 heterocycles. The molecule has 0 aliphatic rings. The molecule has 0 spiro atoms. The van der Waals surface area contributed by atoms with E-state index >= 15 is 0 Å².